The second-order valence-corrected chi connectivity index (χ2v) is 6.32. The fraction of sp³-hybridized carbons (Fsp3) is 0.263. The van der Waals surface area contributed by atoms with E-state index in [1.54, 1.807) is 6.20 Å². The summed E-state index contributed by atoms with van der Waals surface area (Å²) in [4.78, 5) is 4.51. The molecule has 0 saturated carbocycles. The number of hydrogen-bond donors (Lipinski definition) is 4. The van der Waals surface area contributed by atoms with Gasteiger partial charge in [-0.1, -0.05) is 36.9 Å². The fourth-order valence-electron chi connectivity index (χ4n) is 2.93. The molecule has 0 radical (unpaired) electrons. The highest BCUT2D eigenvalue weighted by atomic mass is 15.3. The van der Waals surface area contributed by atoms with E-state index < -0.39 is 0 Å². The molecule has 1 aromatic carbocycles. The molecule has 1 aliphatic heterocycles. The molecule has 26 heavy (non-hydrogen) atoms. The summed E-state index contributed by atoms with van der Waals surface area (Å²) in [6, 6.07) is 10.3. The van der Waals surface area contributed by atoms with E-state index in [0.717, 1.165) is 17.5 Å². The maximum Gasteiger partial charge on any atom is 0.132 e. The van der Waals surface area contributed by atoms with Gasteiger partial charge in [0.1, 0.15) is 5.84 Å². The van der Waals surface area contributed by atoms with Gasteiger partial charge in [-0.3, -0.25) is 9.67 Å². The normalized spacial score (nSPS) is 17.9. The summed E-state index contributed by atoms with van der Waals surface area (Å²) in [6.45, 7) is 5.74. The maximum atomic E-state index is 6.40. The van der Waals surface area contributed by atoms with E-state index >= 15 is 0 Å². The molecule has 7 N–H and O–H groups in total. The van der Waals surface area contributed by atoms with E-state index in [2.05, 4.69) is 34.1 Å². The predicted octanol–water partition coefficient (Wildman–Crippen LogP) is 0.793. The molecular formula is C19H25N7. The summed E-state index contributed by atoms with van der Waals surface area (Å²) in [5, 5.41) is 7.70. The Morgan fingerprint density at radius 2 is 2.04 bits per heavy atom. The Morgan fingerprint density at radius 1 is 1.27 bits per heavy atom. The number of hydrogen-bond acceptors (Lipinski definition) is 6. The van der Waals surface area contributed by atoms with Crippen LogP contribution in [0, 0.1) is 0 Å². The van der Waals surface area contributed by atoms with E-state index in [1.807, 2.05) is 29.1 Å². The van der Waals surface area contributed by atoms with Crippen molar-refractivity contribution in [3.8, 4) is 0 Å². The van der Waals surface area contributed by atoms with E-state index in [4.69, 9.17) is 17.2 Å². The number of nitrogens with two attached hydrogens (primary N) is 3. The first-order valence-corrected chi connectivity index (χ1v) is 8.61. The summed E-state index contributed by atoms with van der Waals surface area (Å²) >= 11 is 0. The summed E-state index contributed by atoms with van der Waals surface area (Å²) < 4.78 is 1.84. The largest absolute Gasteiger partial charge is 0.399 e. The van der Waals surface area contributed by atoms with Gasteiger partial charge < -0.3 is 22.5 Å². The average Bonchev–Trinajstić information content (AvgIpc) is 3.11. The van der Waals surface area contributed by atoms with Crippen LogP contribution in [0.1, 0.15) is 17.5 Å². The van der Waals surface area contributed by atoms with Crippen molar-refractivity contribution >= 4 is 11.5 Å². The Labute approximate surface area is 153 Å². The SMILES string of the molecule is C=C(N)C(C1=NCCC(CN)N1)=C(N)c1cnn(Cc2ccccc2)c1. The highest BCUT2D eigenvalue weighted by molar-refractivity contribution is 6.08. The van der Waals surface area contributed by atoms with Crippen molar-refractivity contribution < 1.29 is 0 Å². The Hall–Kier alpha value is -3.06. The Balaban J connectivity index is 1.88. The molecule has 0 aliphatic carbocycles. The minimum Gasteiger partial charge on any atom is -0.399 e. The quantitative estimate of drug-likeness (QED) is 0.574. The van der Waals surface area contributed by atoms with Gasteiger partial charge in [-0.25, -0.2) is 0 Å². The molecule has 0 amide bonds. The van der Waals surface area contributed by atoms with Gasteiger partial charge in [0.15, 0.2) is 0 Å². The summed E-state index contributed by atoms with van der Waals surface area (Å²) in [5.41, 5.74) is 21.6. The first kappa shape index (κ1) is 17.8. The third kappa shape index (κ3) is 3.94. The van der Waals surface area contributed by atoms with Gasteiger partial charge in [0, 0.05) is 36.6 Å². The summed E-state index contributed by atoms with van der Waals surface area (Å²) in [7, 11) is 0. The second kappa shape index (κ2) is 7.88. The molecule has 7 heteroatoms. The zero-order valence-corrected chi connectivity index (χ0v) is 14.7. The van der Waals surface area contributed by atoms with E-state index in [-0.39, 0.29) is 6.04 Å². The molecular weight excluding hydrogens is 326 g/mol. The fourth-order valence-corrected chi connectivity index (χ4v) is 2.93. The molecule has 0 spiro atoms. The summed E-state index contributed by atoms with van der Waals surface area (Å²) in [5.74, 6) is 0.646. The molecule has 1 aromatic heterocycles. The van der Waals surface area contributed by atoms with Crippen LogP contribution in [-0.4, -0.2) is 34.7 Å². The molecule has 1 unspecified atom stereocenters. The molecule has 2 aromatic rings. The van der Waals surface area contributed by atoms with Crippen molar-refractivity contribution in [2.75, 3.05) is 13.1 Å². The van der Waals surface area contributed by atoms with E-state index in [1.165, 1.54) is 0 Å². The van der Waals surface area contributed by atoms with Crippen molar-refractivity contribution in [1.82, 2.24) is 15.1 Å². The van der Waals surface area contributed by atoms with Gasteiger partial charge in [0.05, 0.1) is 24.0 Å². The molecule has 3 rings (SSSR count). The van der Waals surface area contributed by atoms with Crippen LogP contribution in [0.2, 0.25) is 0 Å². The van der Waals surface area contributed by atoms with E-state index in [9.17, 15) is 0 Å². The zero-order valence-electron chi connectivity index (χ0n) is 14.7. The molecule has 0 saturated heterocycles. The number of aromatic nitrogens is 2. The first-order valence-electron chi connectivity index (χ1n) is 8.61. The average molecular weight is 351 g/mol. The van der Waals surface area contributed by atoms with Gasteiger partial charge >= 0.3 is 0 Å². The number of nitrogens with one attached hydrogen (secondary N) is 1. The highest BCUT2D eigenvalue weighted by Crippen LogP contribution is 2.19. The van der Waals surface area contributed by atoms with Crippen LogP contribution < -0.4 is 22.5 Å². The lowest BCUT2D eigenvalue weighted by Crippen LogP contribution is -2.45. The van der Waals surface area contributed by atoms with Crippen LogP contribution in [0.4, 0.5) is 0 Å². The van der Waals surface area contributed by atoms with Crippen molar-refractivity contribution in [3.63, 3.8) is 0 Å². The van der Waals surface area contributed by atoms with Crippen LogP contribution in [0.25, 0.3) is 5.70 Å². The zero-order chi connectivity index (χ0) is 18.5. The lowest BCUT2D eigenvalue weighted by Gasteiger charge is -2.25. The topological polar surface area (TPSA) is 120 Å². The van der Waals surface area contributed by atoms with Gasteiger partial charge in [-0.2, -0.15) is 5.10 Å². The van der Waals surface area contributed by atoms with Gasteiger partial charge in [-0.05, 0) is 12.0 Å². The van der Waals surface area contributed by atoms with Gasteiger partial charge in [0.25, 0.3) is 0 Å². The number of nitrogens with zero attached hydrogens (tertiary/aromatic N) is 3. The molecule has 0 fully saturated rings. The number of aliphatic imine (C=N–C) groups is 1. The Bertz CT molecular complexity index is 833. The minimum atomic E-state index is 0.158. The van der Waals surface area contributed by atoms with Gasteiger partial charge in [-0.15, -0.1) is 0 Å². The first-order chi connectivity index (χ1) is 12.6. The number of rotatable bonds is 6. The Kier molecular flexibility index (Phi) is 5.38. The molecule has 136 valence electrons. The predicted molar refractivity (Wildman–Crippen MR) is 105 cm³/mol. The number of amidine groups is 1. The standard InChI is InChI=1S/C19H25N7/c1-13(21)17(19-23-8-7-16(9-20)25-19)18(22)15-10-24-26(12-15)11-14-5-3-2-4-6-14/h2-6,10,12,16H,1,7-9,11,20-22H2,(H,23,25). The summed E-state index contributed by atoms with van der Waals surface area (Å²) in [6.07, 6.45) is 4.51. The Morgan fingerprint density at radius 3 is 2.73 bits per heavy atom. The molecule has 1 aliphatic rings. The van der Waals surface area contributed by atoms with Crippen LogP contribution in [-0.2, 0) is 6.54 Å². The lowest BCUT2D eigenvalue weighted by molar-refractivity contribution is 0.553. The number of benzene rings is 1. The second-order valence-electron chi connectivity index (χ2n) is 6.32. The third-order valence-electron chi connectivity index (χ3n) is 4.33. The van der Waals surface area contributed by atoms with Crippen LogP contribution in [0.15, 0.2) is 65.6 Å². The molecule has 0 bridgehead atoms. The maximum absolute atomic E-state index is 6.40. The van der Waals surface area contributed by atoms with Gasteiger partial charge in [0.2, 0.25) is 0 Å². The minimum absolute atomic E-state index is 0.158. The smallest absolute Gasteiger partial charge is 0.132 e. The molecule has 7 nitrogen and oxygen atoms in total. The van der Waals surface area contributed by atoms with Crippen molar-refractivity contribution in [1.29, 1.82) is 0 Å². The van der Waals surface area contributed by atoms with Crippen molar-refractivity contribution in [3.05, 3.63) is 71.7 Å². The molecule has 2 heterocycles. The van der Waals surface area contributed by atoms with Crippen molar-refractivity contribution in [2.45, 2.75) is 19.0 Å². The van der Waals surface area contributed by atoms with Crippen LogP contribution >= 0.6 is 0 Å². The lowest BCUT2D eigenvalue weighted by atomic mass is 10.0. The third-order valence-corrected chi connectivity index (χ3v) is 4.33. The van der Waals surface area contributed by atoms with E-state index in [0.29, 0.717) is 42.4 Å². The molecule has 1 atom stereocenters. The van der Waals surface area contributed by atoms with Crippen LogP contribution in [0.3, 0.4) is 0 Å². The monoisotopic (exact) mass is 351 g/mol. The highest BCUT2D eigenvalue weighted by Gasteiger charge is 2.21. The van der Waals surface area contributed by atoms with Crippen LogP contribution in [0.5, 0.6) is 0 Å². The van der Waals surface area contributed by atoms with Crippen molar-refractivity contribution in [2.24, 2.45) is 22.2 Å².